The normalized spacial score (nSPS) is 19.8. The quantitative estimate of drug-likeness (QED) is 0.703. The third-order valence-corrected chi connectivity index (χ3v) is 5.77. The van der Waals surface area contributed by atoms with Crippen molar-refractivity contribution in [1.29, 1.82) is 0 Å². The summed E-state index contributed by atoms with van der Waals surface area (Å²) < 4.78 is 1.96. The lowest BCUT2D eigenvalue weighted by atomic mass is 9.98. The van der Waals surface area contributed by atoms with Gasteiger partial charge in [0, 0.05) is 11.4 Å². The molecule has 0 saturated carbocycles. The molecule has 130 valence electrons. The third-order valence-electron chi connectivity index (χ3n) is 4.85. The van der Waals surface area contributed by atoms with E-state index in [-0.39, 0.29) is 6.04 Å². The predicted octanol–water partition coefficient (Wildman–Crippen LogP) is 3.60. The smallest absolute Gasteiger partial charge is 0.174 e. The number of piperidine rings is 1. The van der Waals surface area contributed by atoms with Crippen LogP contribution in [-0.4, -0.2) is 38.2 Å². The maximum absolute atomic E-state index is 4.44. The van der Waals surface area contributed by atoms with E-state index < -0.39 is 0 Å². The van der Waals surface area contributed by atoms with Gasteiger partial charge in [0.2, 0.25) is 0 Å². The van der Waals surface area contributed by atoms with Crippen molar-refractivity contribution in [1.82, 2.24) is 25.1 Å². The fraction of sp³-hybridized carbons (Fsp3) is 0.421. The number of hydrogen-bond acceptors (Lipinski definition) is 5. The molecule has 0 bridgehead atoms. The van der Waals surface area contributed by atoms with E-state index in [1.54, 1.807) is 11.3 Å². The Morgan fingerprint density at radius 3 is 2.84 bits per heavy atom. The summed E-state index contributed by atoms with van der Waals surface area (Å²) in [5.41, 5.74) is 1.22. The lowest BCUT2D eigenvalue weighted by molar-refractivity contribution is 0.144. The number of nitrogens with zero attached hydrogens (tertiary/aromatic N) is 5. The summed E-state index contributed by atoms with van der Waals surface area (Å²) in [5, 5.41) is 14.9. The second-order valence-corrected chi connectivity index (χ2v) is 7.82. The SMILES string of the molecule is C[C@@H]1CCCN([C@H](c2cccs2)c2nnnn2Cc2ccccc2)C1. The largest absolute Gasteiger partial charge is 0.289 e. The molecule has 25 heavy (non-hydrogen) atoms. The molecule has 2 atom stereocenters. The van der Waals surface area contributed by atoms with E-state index in [1.165, 1.54) is 23.3 Å². The monoisotopic (exact) mass is 353 g/mol. The molecule has 6 heteroatoms. The minimum absolute atomic E-state index is 0.140. The van der Waals surface area contributed by atoms with Crippen LogP contribution in [0.3, 0.4) is 0 Å². The number of thiophene rings is 1. The van der Waals surface area contributed by atoms with E-state index in [9.17, 15) is 0 Å². The molecule has 2 aromatic heterocycles. The van der Waals surface area contributed by atoms with Crippen LogP contribution in [0.25, 0.3) is 0 Å². The first-order chi connectivity index (χ1) is 12.3. The molecule has 1 fully saturated rings. The molecule has 0 N–H and O–H groups in total. The van der Waals surface area contributed by atoms with Crippen molar-refractivity contribution in [2.75, 3.05) is 13.1 Å². The van der Waals surface area contributed by atoms with Gasteiger partial charge in [0.05, 0.1) is 6.54 Å². The average molecular weight is 353 g/mol. The molecular weight excluding hydrogens is 330 g/mol. The highest BCUT2D eigenvalue weighted by Gasteiger charge is 2.31. The second kappa shape index (κ2) is 7.45. The van der Waals surface area contributed by atoms with Crippen molar-refractivity contribution >= 4 is 11.3 Å². The van der Waals surface area contributed by atoms with Gasteiger partial charge in [-0.3, -0.25) is 4.90 Å². The molecule has 1 aliphatic heterocycles. The van der Waals surface area contributed by atoms with Gasteiger partial charge in [-0.2, -0.15) is 0 Å². The summed E-state index contributed by atoms with van der Waals surface area (Å²) in [6.07, 6.45) is 2.55. The van der Waals surface area contributed by atoms with Crippen LogP contribution < -0.4 is 0 Å². The van der Waals surface area contributed by atoms with Gasteiger partial charge >= 0.3 is 0 Å². The lowest BCUT2D eigenvalue weighted by Gasteiger charge is -2.36. The molecule has 0 aliphatic carbocycles. The molecule has 3 aromatic rings. The molecule has 0 amide bonds. The highest BCUT2D eigenvalue weighted by Crippen LogP contribution is 2.33. The predicted molar refractivity (Wildman–Crippen MR) is 99.5 cm³/mol. The molecule has 0 spiro atoms. The number of rotatable bonds is 5. The topological polar surface area (TPSA) is 46.8 Å². The molecule has 1 aromatic carbocycles. The number of aromatic nitrogens is 4. The van der Waals surface area contributed by atoms with Crippen LogP contribution in [0.15, 0.2) is 47.8 Å². The van der Waals surface area contributed by atoms with E-state index in [4.69, 9.17) is 0 Å². The minimum atomic E-state index is 0.140. The summed E-state index contributed by atoms with van der Waals surface area (Å²) in [4.78, 5) is 3.87. The Morgan fingerprint density at radius 2 is 2.08 bits per heavy atom. The van der Waals surface area contributed by atoms with Gasteiger partial charge in [0.15, 0.2) is 5.82 Å². The number of tetrazole rings is 1. The fourth-order valence-corrected chi connectivity index (χ4v) is 4.51. The average Bonchev–Trinajstić information content (AvgIpc) is 3.30. The highest BCUT2D eigenvalue weighted by atomic mass is 32.1. The molecular formula is C19H23N5S. The number of benzene rings is 1. The van der Waals surface area contributed by atoms with Crippen LogP contribution in [-0.2, 0) is 6.54 Å². The number of likely N-dealkylation sites (tertiary alicyclic amines) is 1. The summed E-state index contributed by atoms with van der Waals surface area (Å²) in [6.45, 7) is 5.24. The minimum Gasteiger partial charge on any atom is -0.289 e. The summed E-state index contributed by atoms with van der Waals surface area (Å²) in [5.74, 6) is 1.66. The van der Waals surface area contributed by atoms with E-state index in [0.29, 0.717) is 6.54 Å². The zero-order valence-electron chi connectivity index (χ0n) is 14.5. The Kier molecular flexibility index (Phi) is 4.90. The summed E-state index contributed by atoms with van der Waals surface area (Å²) in [6, 6.07) is 14.9. The van der Waals surface area contributed by atoms with Crippen molar-refractivity contribution in [2.24, 2.45) is 5.92 Å². The molecule has 3 heterocycles. The Labute approximate surface area is 152 Å². The van der Waals surface area contributed by atoms with E-state index >= 15 is 0 Å². The molecule has 5 nitrogen and oxygen atoms in total. The van der Waals surface area contributed by atoms with Crippen LogP contribution in [0.1, 0.15) is 42.1 Å². The van der Waals surface area contributed by atoms with Gasteiger partial charge in [-0.25, -0.2) is 4.68 Å². The molecule has 1 saturated heterocycles. The first kappa shape index (κ1) is 16.4. The second-order valence-electron chi connectivity index (χ2n) is 6.84. The first-order valence-electron chi connectivity index (χ1n) is 8.88. The van der Waals surface area contributed by atoms with Gasteiger partial charge in [-0.1, -0.05) is 43.3 Å². The van der Waals surface area contributed by atoms with Gasteiger partial charge in [-0.15, -0.1) is 16.4 Å². The van der Waals surface area contributed by atoms with Crippen LogP contribution in [0.2, 0.25) is 0 Å². The van der Waals surface area contributed by atoms with Crippen molar-refractivity contribution in [2.45, 2.75) is 32.4 Å². The maximum Gasteiger partial charge on any atom is 0.174 e. The molecule has 1 aliphatic rings. The number of hydrogen-bond donors (Lipinski definition) is 0. The van der Waals surface area contributed by atoms with Crippen LogP contribution >= 0.6 is 11.3 Å². The Hall–Kier alpha value is -2.05. The standard InChI is InChI=1S/C19H23N5S/c1-15-7-5-11-23(13-15)18(17-10-6-12-25-17)19-20-21-22-24(19)14-16-8-3-2-4-9-16/h2-4,6,8-10,12,15,18H,5,7,11,13-14H2,1H3/t15-,18-/m1/s1. The third kappa shape index (κ3) is 3.65. The van der Waals surface area contributed by atoms with Gasteiger partial charge < -0.3 is 0 Å². The summed E-state index contributed by atoms with van der Waals surface area (Å²) in [7, 11) is 0. The Morgan fingerprint density at radius 1 is 1.20 bits per heavy atom. The van der Waals surface area contributed by atoms with Crippen molar-refractivity contribution in [3.05, 3.63) is 64.1 Å². The molecule has 4 rings (SSSR count). The highest BCUT2D eigenvalue weighted by molar-refractivity contribution is 7.10. The zero-order valence-corrected chi connectivity index (χ0v) is 15.3. The van der Waals surface area contributed by atoms with E-state index in [2.05, 4.69) is 69.1 Å². The van der Waals surface area contributed by atoms with Gasteiger partial charge in [0.1, 0.15) is 6.04 Å². The van der Waals surface area contributed by atoms with Gasteiger partial charge in [-0.05, 0) is 52.7 Å². The van der Waals surface area contributed by atoms with Crippen LogP contribution in [0, 0.1) is 5.92 Å². The van der Waals surface area contributed by atoms with Crippen molar-refractivity contribution < 1.29 is 0 Å². The van der Waals surface area contributed by atoms with Crippen molar-refractivity contribution in [3.63, 3.8) is 0 Å². The zero-order chi connectivity index (χ0) is 17.1. The Bertz CT molecular complexity index is 783. The maximum atomic E-state index is 4.44. The van der Waals surface area contributed by atoms with E-state index in [1.807, 2.05) is 10.7 Å². The first-order valence-corrected chi connectivity index (χ1v) is 9.76. The summed E-state index contributed by atoms with van der Waals surface area (Å²) >= 11 is 1.79. The molecule has 0 radical (unpaired) electrons. The van der Waals surface area contributed by atoms with Crippen LogP contribution in [0.5, 0.6) is 0 Å². The fourth-order valence-electron chi connectivity index (χ4n) is 3.65. The molecule has 0 unspecified atom stereocenters. The van der Waals surface area contributed by atoms with E-state index in [0.717, 1.165) is 24.8 Å². The van der Waals surface area contributed by atoms with Gasteiger partial charge in [0.25, 0.3) is 0 Å². The van der Waals surface area contributed by atoms with Crippen LogP contribution in [0.4, 0.5) is 0 Å². The Balaban J connectivity index is 1.67. The van der Waals surface area contributed by atoms with Crippen molar-refractivity contribution in [3.8, 4) is 0 Å². The lowest BCUT2D eigenvalue weighted by Crippen LogP contribution is -2.38.